The van der Waals surface area contributed by atoms with Crippen LogP contribution in [-0.2, 0) is 14.3 Å². The predicted octanol–water partition coefficient (Wildman–Crippen LogP) is 0.938. The third-order valence-corrected chi connectivity index (χ3v) is 5.05. The third-order valence-electron chi connectivity index (χ3n) is 5.05. The highest BCUT2D eigenvalue weighted by molar-refractivity contribution is 6.04. The molecular formula is C20H28N6O4. The summed E-state index contributed by atoms with van der Waals surface area (Å²) in [6.07, 6.45) is 5.27. The fourth-order valence-electron chi connectivity index (χ4n) is 3.54. The molecule has 3 rings (SSSR count). The van der Waals surface area contributed by atoms with Crippen molar-refractivity contribution in [2.24, 2.45) is 0 Å². The quantitative estimate of drug-likeness (QED) is 0.389. The van der Waals surface area contributed by atoms with E-state index in [1.54, 1.807) is 24.4 Å². The second-order valence-corrected chi connectivity index (χ2v) is 6.91. The first-order valence-corrected chi connectivity index (χ1v) is 9.97. The summed E-state index contributed by atoms with van der Waals surface area (Å²) < 4.78 is 10.6. The average molecular weight is 416 g/mol. The molecule has 162 valence electrons. The summed E-state index contributed by atoms with van der Waals surface area (Å²) in [5.74, 6) is 0.168. The van der Waals surface area contributed by atoms with Gasteiger partial charge in [0.2, 0.25) is 5.91 Å². The summed E-state index contributed by atoms with van der Waals surface area (Å²) in [7, 11) is 1.58. The first kappa shape index (κ1) is 21.7. The fraction of sp³-hybridized carbons (Fsp3) is 0.500. The number of H-pyrrole nitrogens is 1. The van der Waals surface area contributed by atoms with Gasteiger partial charge in [-0.3, -0.25) is 9.59 Å². The molecule has 0 aromatic carbocycles. The van der Waals surface area contributed by atoms with E-state index in [1.165, 1.54) is 6.08 Å². The Morgan fingerprint density at radius 2 is 2.30 bits per heavy atom. The first-order chi connectivity index (χ1) is 14.6. The summed E-state index contributed by atoms with van der Waals surface area (Å²) in [6, 6.07) is -0.193. The Labute approximate surface area is 175 Å². The first-order valence-electron chi connectivity index (χ1n) is 9.97. The molecule has 30 heavy (non-hydrogen) atoms. The Bertz CT molecular complexity index is 899. The van der Waals surface area contributed by atoms with E-state index < -0.39 is 0 Å². The van der Waals surface area contributed by atoms with Crippen molar-refractivity contribution in [2.45, 2.75) is 25.4 Å². The minimum Gasteiger partial charge on any atom is -0.383 e. The number of methoxy groups -OCH3 is 1. The van der Waals surface area contributed by atoms with Gasteiger partial charge in [-0.1, -0.05) is 6.58 Å². The Hall–Kier alpha value is -2.98. The number of nitrogens with zero attached hydrogens (tertiary/aromatic N) is 3. The van der Waals surface area contributed by atoms with E-state index in [4.69, 9.17) is 9.47 Å². The lowest BCUT2D eigenvalue weighted by atomic mass is 10.1. The van der Waals surface area contributed by atoms with Crippen molar-refractivity contribution in [3.63, 3.8) is 0 Å². The van der Waals surface area contributed by atoms with Gasteiger partial charge in [0, 0.05) is 33.0 Å². The highest BCUT2D eigenvalue weighted by Gasteiger charge is 2.36. The van der Waals surface area contributed by atoms with Gasteiger partial charge in [0.25, 0.3) is 5.91 Å². The number of nitrogens with one attached hydrogen (secondary N) is 3. The summed E-state index contributed by atoms with van der Waals surface area (Å²) in [5.41, 5.74) is 1.42. The maximum absolute atomic E-state index is 12.4. The second kappa shape index (κ2) is 10.2. The zero-order valence-corrected chi connectivity index (χ0v) is 17.3. The van der Waals surface area contributed by atoms with Crippen LogP contribution in [0.5, 0.6) is 0 Å². The summed E-state index contributed by atoms with van der Waals surface area (Å²) in [6.45, 7) is 7.92. The molecule has 2 atom stereocenters. The van der Waals surface area contributed by atoms with Crippen LogP contribution in [0.15, 0.2) is 25.0 Å². The summed E-state index contributed by atoms with van der Waals surface area (Å²) in [4.78, 5) is 38.3. The number of likely N-dealkylation sites (tertiary alicyclic amines) is 1. The van der Waals surface area contributed by atoms with Crippen LogP contribution in [0.4, 0.5) is 5.82 Å². The highest BCUT2D eigenvalue weighted by atomic mass is 16.5. The van der Waals surface area contributed by atoms with E-state index in [0.29, 0.717) is 55.5 Å². The van der Waals surface area contributed by atoms with Gasteiger partial charge < -0.3 is 30.0 Å². The maximum atomic E-state index is 12.4. The van der Waals surface area contributed by atoms with E-state index in [2.05, 4.69) is 32.2 Å². The van der Waals surface area contributed by atoms with E-state index in [-0.39, 0.29) is 23.9 Å². The molecule has 1 unspecified atom stereocenters. The van der Waals surface area contributed by atoms with Crippen molar-refractivity contribution in [2.75, 3.05) is 45.3 Å². The van der Waals surface area contributed by atoms with E-state index in [9.17, 15) is 9.59 Å². The lowest BCUT2D eigenvalue weighted by Gasteiger charge is -2.27. The van der Waals surface area contributed by atoms with Crippen molar-refractivity contribution in [1.29, 1.82) is 0 Å². The largest absolute Gasteiger partial charge is 0.383 e. The minimum atomic E-state index is -0.248. The number of rotatable bonds is 10. The third kappa shape index (κ3) is 4.77. The van der Waals surface area contributed by atoms with Crippen LogP contribution in [-0.4, -0.2) is 83.8 Å². The zero-order chi connectivity index (χ0) is 21.5. The monoisotopic (exact) mass is 416 g/mol. The molecule has 1 fully saturated rings. The standard InChI is InChI=1S/C20H28N6O4/c1-4-17(27)26-8-6-14(15(26)12-30-5-2)24-16-11-23-19-18(25-16)13(10-22-19)20(28)21-7-9-29-3/h4,10-11,14-15H,1,5-9,12H2,2-3H3,(H,21,28)(H,22,23)(H,24,25)/t14-,15?/m1/s1. The molecule has 0 spiro atoms. The Kier molecular flexibility index (Phi) is 7.36. The van der Waals surface area contributed by atoms with Crippen LogP contribution >= 0.6 is 0 Å². The maximum Gasteiger partial charge on any atom is 0.255 e. The summed E-state index contributed by atoms with van der Waals surface area (Å²) >= 11 is 0. The van der Waals surface area contributed by atoms with Gasteiger partial charge in [0.1, 0.15) is 11.3 Å². The van der Waals surface area contributed by atoms with Crippen molar-refractivity contribution < 1.29 is 19.1 Å². The van der Waals surface area contributed by atoms with Crippen LogP contribution in [0, 0.1) is 0 Å². The lowest BCUT2D eigenvalue weighted by molar-refractivity contribution is -0.127. The van der Waals surface area contributed by atoms with Crippen LogP contribution < -0.4 is 10.6 Å². The van der Waals surface area contributed by atoms with E-state index in [0.717, 1.165) is 6.42 Å². The number of hydrogen-bond acceptors (Lipinski definition) is 7. The number of hydrogen-bond donors (Lipinski definition) is 3. The molecule has 2 amide bonds. The molecule has 2 aromatic rings. The van der Waals surface area contributed by atoms with Crippen molar-refractivity contribution in [3.05, 3.63) is 30.6 Å². The predicted molar refractivity (Wildman–Crippen MR) is 112 cm³/mol. The second-order valence-electron chi connectivity index (χ2n) is 6.91. The van der Waals surface area contributed by atoms with Gasteiger partial charge in [-0.15, -0.1) is 0 Å². The van der Waals surface area contributed by atoms with Gasteiger partial charge in [0.05, 0.1) is 37.1 Å². The molecule has 10 heteroatoms. The van der Waals surface area contributed by atoms with Crippen molar-refractivity contribution in [3.8, 4) is 0 Å². The van der Waals surface area contributed by atoms with E-state index in [1.807, 2.05) is 6.92 Å². The van der Waals surface area contributed by atoms with Crippen LogP contribution in [0.1, 0.15) is 23.7 Å². The molecule has 0 bridgehead atoms. The van der Waals surface area contributed by atoms with Crippen LogP contribution in [0.2, 0.25) is 0 Å². The van der Waals surface area contributed by atoms with Gasteiger partial charge >= 0.3 is 0 Å². The number of aromatic nitrogens is 3. The molecule has 2 aromatic heterocycles. The molecule has 0 radical (unpaired) electrons. The number of carbonyl (C=O) groups is 2. The molecule has 1 saturated heterocycles. The molecule has 3 heterocycles. The molecule has 10 nitrogen and oxygen atoms in total. The molecule has 1 aliphatic heterocycles. The SMILES string of the molecule is C=CC(=O)N1CC[C@@H](Nc2cnc3[nH]cc(C(=O)NCCOC)c3n2)C1COCC. The summed E-state index contributed by atoms with van der Waals surface area (Å²) in [5, 5.41) is 6.15. The molecule has 0 saturated carbocycles. The number of anilines is 1. The molecular weight excluding hydrogens is 388 g/mol. The Balaban J connectivity index is 1.77. The van der Waals surface area contributed by atoms with Crippen LogP contribution in [0.3, 0.4) is 0 Å². The van der Waals surface area contributed by atoms with Gasteiger partial charge in [-0.25, -0.2) is 9.97 Å². The number of fused-ring (bicyclic) bond motifs is 1. The number of amides is 2. The van der Waals surface area contributed by atoms with Gasteiger partial charge in [-0.05, 0) is 19.4 Å². The van der Waals surface area contributed by atoms with Gasteiger partial charge in [0.15, 0.2) is 5.65 Å². The lowest BCUT2D eigenvalue weighted by Crippen LogP contribution is -2.44. The highest BCUT2D eigenvalue weighted by Crippen LogP contribution is 2.23. The van der Waals surface area contributed by atoms with Crippen molar-refractivity contribution >= 4 is 28.8 Å². The minimum absolute atomic E-state index is 0.0508. The van der Waals surface area contributed by atoms with E-state index >= 15 is 0 Å². The fourth-order valence-corrected chi connectivity index (χ4v) is 3.54. The number of carbonyl (C=O) groups excluding carboxylic acids is 2. The smallest absolute Gasteiger partial charge is 0.255 e. The van der Waals surface area contributed by atoms with Crippen LogP contribution in [0.25, 0.3) is 11.2 Å². The topological polar surface area (TPSA) is 121 Å². The number of aromatic amines is 1. The average Bonchev–Trinajstić information content (AvgIpc) is 3.35. The normalized spacial score (nSPS) is 18.5. The Morgan fingerprint density at radius 1 is 1.47 bits per heavy atom. The Morgan fingerprint density at radius 3 is 3.03 bits per heavy atom. The van der Waals surface area contributed by atoms with Gasteiger partial charge in [-0.2, -0.15) is 0 Å². The molecule has 1 aliphatic rings. The molecule has 3 N–H and O–H groups in total. The van der Waals surface area contributed by atoms with Crippen molar-refractivity contribution in [1.82, 2.24) is 25.2 Å². The number of ether oxygens (including phenoxy) is 2. The molecule has 0 aliphatic carbocycles. The zero-order valence-electron chi connectivity index (χ0n) is 17.3.